The molecule has 0 amide bonds. The van der Waals surface area contributed by atoms with Crippen LogP contribution in [0, 0.1) is 6.92 Å². The Bertz CT molecular complexity index is 961. The summed E-state index contributed by atoms with van der Waals surface area (Å²) in [6.07, 6.45) is 3.91. The van der Waals surface area contributed by atoms with Crippen molar-refractivity contribution in [2.24, 2.45) is 0 Å². The van der Waals surface area contributed by atoms with Crippen molar-refractivity contribution in [2.75, 3.05) is 6.54 Å². The Labute approximate surface area is 179 Å². The molecule has 0 atom stereocenters. The topological polar surface area (TPSA) is 67.2 Å². The Morgan fingerprint density at radius 1 is 1.31 bits per heavy atom. The number of nitrogens with one attached hydrogen (secondary N) is 1. The summed E-state index contributed by atoms with van der Waals surface area (Å²) in [7, 11) is -3.57. The Morgan fingerprint density at radius 2 is 1.97 bits per heavy atom. The zero-order valence-corrected chi connectivity index (χ0v) is 19.2. The van der Waals surface area contributed by atoms with E-state index in [0.717, 1.165) is 41.3 Å². The van der Waals surface area contributed by atoms with E-state index in [-0.39, 0.29) is 17.0 Å². The zero-order chi connectivity index (χ0) is 21.2. The number of benzene rings is 1. The van der Waals surface area contributed by atoms with E-state index < -0.39 is 9.84 Å². The third-order valence-corrected chi connectivity index (χ3v) is 6.97. The van der Waals surface area contributed by atoms with Crippen LogP contribution in [0.3, 0.4) is 0 Å². The van der Waals surface area contributed by atoms with Crippen LogP contribution in [-0.4, -0.2) is 40.6 Å². The molecule has 1 aromatic carbocycles. The van der Waals surface area contributed by atoms with Gasteiger partial charge in [0.25, 0.3) is 0 Å². The molecule has 29 heavy (non-hydrogen) atoms. The number of hydrogen-bond donors (Lipinski definition) is 1. The van der Waals surface area contributed by atoms with Crippen molar-refractivity contribution in [1.82, 2.24) is 19.8 Å². The summed E-state index contributed by atoms with van der Waals surface area (Å²) in [4.78, 5) is 6.50. The van der Waals surface area contributed by atoms with Gasteiger partial charge in [-0.25, -0.2) is 13.4 Å². The highest BCUT2D eigenvalue weighted by Crippen LogP contribution is 2.30. The smallest absolute Gasteiger partial charge is 0.228 e. The number of sulfone groups is 1. The predicted octanol–water partition coefficient (Wildman–Crippen LogP) is 3.61. The molecule has 1 heterocycles. The van der Waals surface area contributed by atoms with E-state index in [1.165, 1.54) is 0 Å². The average Bonchev–Trinajstić information content (AvgIpc) is 3.39. The van der Waals surface area contributed by atoms with Crippen LogP contribution in [0.5, 0.6) is 0 Å². The fraction of sp³-hybridized carbons (Fsp3) is 0.524. The molecule has 6 nitrogen and oxygen atoms in total. The predicted molar refractivity (Wildman–Crippen MR) is 120 cm³/mol. The number of hydrogen-bond acceptors (Lipinski definition) is 4. The molecule has 8 heteroatoms. The highest BCUT2D eigenvalue weighted by atomic mass is 32.2. The lowest BCUT2D eigenvalue weighted by molar-refractivity contribution is 0.373. The fourth-order valence-corrected chi connectivity index (χ4v) is 5.38. The van der Waals surface area contributed by atoms with Gasteiger partial charge in [-0.15, -0.1) is 0 Å². The minimum atomic E-state index is -3.57. The summed E-state index contributed by atoms with van der Waals surface area (Å²) in [5, 5.41) is 4.07. The maximum atomic E-state index is 13.2. The average molecular weight is 435 g/mol. The van der Waals surface area contributed by atoms with E-state index in [9.17, 15) is 8.42 Å². The first-order chi connectivity index (χ1) is 13.7. The second kappa shape index (κ2) is 8.83. The number of nitrogens with zero attached hydrogens (tertiary/aromatic N) is 3. The molecule has 1 aliphatic carbocycles. The van der Waals surface area contributed by atoms with Gasteiger partial charge in [-0.1, -0.05) is 29.8 Å². The first-order valence-electron chi connectivity index (χ1n) is 10.1. The third kappa shape index (κ3) is 5.17. The minimum Gasteiger partial charge on any atom is -0.363 e. The number of aromatic nitrogens is 2. The molecule has 0 bridgehead atoms. The Kier molecular flexibility index (Phi) is 6.63. The van der Waals surface area contributed by atoms with Crippen molar-refractivity contribution in [3.05, 3.63) is 47.3 Å². The van der Waals surface area contributed by atoms with Gasteiger partial charge in [0.15, 0.2) is 5.11 Å². The third-order valence-electron chi connectivity index (χ3n) is 5.02. The minimum absolute atomic E-state index is 0.0240. The molecule has 0 spiro atoms. The van der Waals surface area contributed by atoms with Gasteiger partial charge in [0.1, 0.15) is 0 Å². The van der Waals surface area contributed by atoms with E-state index in [1.54, 1.807) is 6.20 Å². The quantitative estimate of drug-likeness (QED) is 0.640. The largest absolute Gasteiger partial charge is 0.363 e. The molecule has 0 aliphatic heterocycles. The van der Waals surface area contributed by atoms with Gasteiger partial charge >= 0.3 is 0 Å². The van der Waals surface area contributed by atoms with Crippen LogP contribution in [0.1, 0.15) is 56.5 Å². The van der Waals surface area contributed by atoms with E-state index >= 15 is 0 Å². The summed E-state index contributed by atoms with van der Waals surface area (Å²) in [6, 6.07) is 7.98. The molecule has 1 aliphatic rings. The Hall–Kier alpha value is -1.93. The fourth-order valence-electron chi connectivity index (χ4n) is 3.43. The molecule has 1 N–H and O–H groups in total. The van der Waals surface area contributed by atoms with E-state index in [4.69, 9.17) is 12.2 Å². The van der Waals surface area contributed by atoms with Gasteiger partial charge in [0.05, 0.1) is 24.2 Å². The summed E-state index contributed by atoms with van der Waals surface area (Å²) >= 11 is 5.54. The molecule has 0 unspecified atom stereocenters. The maximum absolute atomic E-state index is 13.2. The lowest BCUT2D eigenvalue weighted by atomic mass is 10.2. The van der Waals surface area contributed by atoms with Crippen molar-refractivity contribution in [2.45, 2.75) is 70.1 Å². The molecule has 3 rings (SSSR count). The standard InChI is InChI=1S/C21H30N4O2S2/c1-5-22-20(28)24(18-10-11-18)13-19-12-23-21(25(19)15(2)3)29(26,27)14-17-8-6-16(4)7-9-17/h6-9,12,15,18H,5,10-11,13-14H2,1-4H3,(H,22,28). The summed E-state index contributed by atoms with van der Waals surface area (Å²) in [5.41, 5.74) is 2.74. The van der Waals surface area contributed by atoms with Crippen molar-refractivity contribution < 1.29 is 8.42 Å². The summed E-state index contributed by atoms with van der Waals surface area (Å²) < 4.78 is 28.2. The van der Waals surface area contributed by atoms with Crippen LogP contribution in [0.25, 0.3) is 0 Å². The Balaban J connectivity index is 1.89. The van der Waals surface area contributed by atoms with Gasteiger partial charge in [0.2, 0.25) is 15.0 Å². The molecule has 0 radical (unpaired) electrons. The van der Waals surface area contributed by atoms with Gasteiger partial charge in [0, 0.05) is 18.6 Å². The monoisotopic (exact) mass is 434 g/mol. The van der Waals surface area contributed by atoms with Crippen molar-refractivity contribution in [3.63, 3.8) is 0 Å². The molecule has 1 saturated carbocycles. The van der Waals surface area contributed by atoms with Crippen LogP contribution in [0.4, 0.5) is 0 Å². The van der Waals surface area contributed by atoms with Gasteiger partial charge in [-0.05, 0) is 58.3 Å². The molecule has 1 fully saturated rings. The lowest BCUT2D eigenvalue weighted by Gasteiger charge is -2.27. The molecule has 0 saturated heterocycles. The van der Waals surface area contributed by atoms with Crippen LogP contribution >= 0.6 is 12.2 Å². The van der Waals surface area contributed by atoms with E-state index in [1.807, 2.05) is 56.5 Å². The lowest BCUT2D eigenvalue weighted by Crippen LogP contribution is -2.41. The molecule has 1 aromatic heterocycles. The number of thiocarbonyl (C=S) groups is 1. The number of aryl methyl sites for hydroxylation is 1. The normalized spacial score (nSPS) is 14.2. The highest BCUT2D eigenvalue weighted by Gasteiger charge is 2.33. The number of rotatable bonds is 8. The number of imidazole rings is 1. The van der Waals surface area contributed by atoms with Crippen molar-refractivity contribution in [1.29, 1.82) is 0 Å². The molecule has 2 aromatic rings. The van der Waals surface area contributed by atoms with Crippen molar-refractivity contribution in [3.8, 4) is 0 Å². The summed E-state index contributed by atoms with van der Waals surface area (Å²) in [5.74, 6) is -0.0569. The van der Waals surface area contributed by atoms with E-state index in [0.29, 0.717) is 12.6 Å². The second-order valence-electron chi connectivity index (χ2n) is 7.94. The summed E-state index contributed by atoms with van der Waals surface area (Å²) in [6.45, 7) is 9.30. The SMILES string of the molecule is CCNC(=S)N(Cc1cnc(S(=O)(=O)Cc2ccc(C)cc2)n1C(C)C)C1CC1. The van der Waals surface area contributed by atoms with Gasteiger partial charge in [-0.2, -0.15) is 0 Å². The first-order valence-corrected chi connectivity index (χ1v) is 12.2. The second-order valence-corrected chi connectivity index (χ2v) is 10.2. The molecular formula is C21H30N4O2S2. The van der Waals surface area contributed by atoms with Crippen LogP contribution in [0.2, 0.25) is 0 Å². The first kappa shape index (κ1) is 21.8. The highest BCUT2D eigenvalue weighted by molar-refractivity contribution is 7.90. The van der Waals surface area contributed by atoms with Crippen LogP contribution in [0.15, 0.2) is 35.6 Å². The van der Waals surface area contributed by atoms with Crippen LogP contribution < -0.4 is 5.32 Å². The Morgan fingerprint density at radius 3 is 2.52 bits per heavy atom. The van der Waals surface area contributed by atoms with E-state index in [2.05, 4.69) is 15.2 Å². The molecule has 158 valence electrons. The van der Waals surface area contributed by atoms with Gasteiger partial charge < -0.3 is 14.8 Å². The van der Waals surface area contributed by atoms with Gasteiger partial charge in [-0.3, -0.25) is 0 Å². The maximum Gasteiger partial charge on any atom is 0.228 e. The molecular weight excluding hydrogens is 404 g/mol. The zero-order valence-electron chi connectivity index (χ0n) is 17.6. The van der Waals surface area contributed by atoms with Crippen LogP contribution in [-0.2, 0) is 22.1 Å². The van der Waals surface area contributed by atoms with Crippen molar-refractivity contribution >= 4 is 27.2 Å².